The minimum atomic E-state index is 0.538. The third-order valence-corrected chi connectivity index (χ3v) is 3.86. The molecule has 0 radical (unpaired) electrons. The molecule has 1 aromatic carbocycles. The molecule has 0 amide bonds. The molecule has 0 bridgehead atoms. The van der Waals surface area contributed by atoms with Crippen LogP contribution in [0.25, 0.3) is 23.4 Å². The molecule has 0 saturated heterocycles. The zero-order chi connectivity index (χ0) is 13.4. The highest BCUT2D eigenvalue weighted by molar-refractivity contribution is 5.64. The number of hydrogen-bond acceptors (Lipinski definition) is 3. The van der Waals surface area contributed by atoms with Crippen LogP contribution in [0.4, 0.5) is 0 Å². The second-order valence-corrected chi connectivity index (χ2v) is 5.17. The number of ether oxygens (including phenoxy) is 1. The monoisotopic (exact) mass is 264 g/mol. The summed E-state index contributed by atoms with van der Waals surface area (Å²) >= 11 is 0. The fourth-order valence-corrected chi connectivity index (χ4v) is 2.86. The Morgan fingerprint density at radius 3 is 3.00 bits per heavy atom. The van der Waals surface area contributed by atoms with E-state index in [2.05, 4.69) is 47.8 Å². The van der Waals surface area contributed by atoms with E-state index in [9.17, 15) is 0 Å². The molecule has 4 rings (SSSR count). The highest BCUT2D eigenvalue weighted by atomic mass is 16.5. The minimum absolute atomic E-state index is 0.538. The highest BCUT2D eigenvalue weighted by Crippen LogP contribution is 2.23. The molecule has 1 aliphatic carbocycles. The van der Waals surface area contributed by atoms with Crippen molar-refractivity contribution < 1.29 is 4.74 Å². The van der Waals surface area contributed by atoms with Crippen LogP contribution in [-0.4, -0.2) is 11.7 Å². The van der Waals surface area contributed by atoms with Crippen molar-refractivity contribution in [3.63, 3.8) is 0 Å². The summed E-state index contributed by atoms with van der Waals surface area (Å²) in [5.41, 5.74) is 3.32. The van der Waals surface area contributed by atoms with Gasteiger partial charge in [-0.1, -0.05) is 36.4 Å². The van der Waals surface area contributed by atoms with Crippen molar-refractivity contribution >= 4 is 12.2 Å². The number of benzene rings is 1. The molecule has 0 atom stereocenters. The number of nitrogens with zero attached hydrogens (tertiary/aromatic N) is 1. The third-order valence-electron chi connectivity index (χ3n) is 3.86. The first-order valence-electron chi connectivity index (χ1n) is 7.05. The van der Waals surface area contributed by atoms with Gasteiger partial charge in [0, 0.05) is 17.7 Å². The van der Waals surface area contributed by atoms with Gasteiger partial charge < -0.3 is 4.74 Å². The van der Waals surface area contributed by atoms with Crippen molar-refractivity contribution in [1.82, 2.24) is 10.3 Å². The summed E-state index contributed by atoms with van der Waals surface area (Å²) in [7, 11) is 0. The fourth-order valence-electron chi connectivity index (χ4n) is 2.86. The van der Waals surface area contributed by atoms with Crippen LogP contribution in [-0.2, 0) is 6.54 Å². The lowest BCUT2D eigenvalue weighted by molar-refractivity contribution is 0.247. The average molecular weight is 264 g/mol. The molecule has 2 heterocycles. The summed E-state index contributed by atoms with van der Waals surface area (Å²) in [6.45, 7) is 1.37. The van der Waals surface area contributed by atoms with E-state index in [1.807, 2.05) is 0 Å². The Kier molecular flexibility index (Phi) is 2.78. The van der Waals surface area contributed by atoms with Gasteiger partial charge in [-0.3, -0.25) is 5.32 Å². The van der Waals surface area contributed by atoms with Crippen LogP contribution in [0.2, 0.25) is 0 Å². The van der Waals surface area contributed by atoms with Gasteiger partial charge in [-0.05, 0) is 29.3 Å². The van der Waals surface area contributed by atoms with Crippen molar-refractivity contribution in [2.24, 2.45) is 0 Å². The zero-order valence-corrected chi connectivity index (χ0v) is 11.2. The van der Waals surface area contributed by atoms with Crippen LogP contribution in [0.15, 0.2) is 30.3 Å². The first-order valence-corrected chi connectivity index (χ1v) is 7.05. The molecule has 0 saturated carbocycles. The van der Waals surface area contributed by atoms with Gasteiger partial charge in [0.25, 0.3) is 0 Å². The normalized spacial score (nSPS) is 16.2. The molecule has 1 aromatic heterocycles. The summed E-state index contributed by atoms with van der Waals surface area (Å²) in [5, 5.41) is 5.80. The summed E-state index contributed by atoms with van der Waals surface area (Å²) in [4.78, 5) is 4.70. The first-order chi connectivity index (χ1) is 9.92. The van der Waals surface area contributed by atoms with E-state index in [-0.39, 0.29) is 0 Å². The van der Waals surface area contributed by atoms with Gasteiger partial charge in [-0.2, -0.15) is 0 Å². The van der Waals surface area contributed by atoms with E-state index in [1.165, 1.54) is 16.0 Å². The Bertz CT molecular complexity index is 780. The molecule has 0 spiro atoms. The second-order valence-electron chi connectivity index (χ2n) is 5.17. The lowest BCUT2D eigenvalue weighted by Crippen LogP contribution is -2.29. The molecule has 3 nitrogen and oxygen atoms in total. The quantitative estimate of drug-likeness (QED) is 0.848. The van der Waals surface area contributed by atoms with Gasteiger partial charge in [0.15, 0.2) is 0 Å². The van der Waals surface area contributed by atoms with Gasteiger partial charge in [0.1, 0.15) is 6.73 Å². The maximum Gasteiger partial charge on any atom is 0.219 e. The fraction of sp³-hybridized carbons (Fsp3) is 0.235. The van der Waals surface area contributed by atoms with Crippen molar-refractivity contribution in [2.45, 2.75) is 19.4 Å². The number of aromatic nitrogens is 1. The van der Waals surface area contributed by atoms with E-state index in [0.29, 0.717) is 6.73 Å². The van der Waals surface area contributed by atoms with Crippen molar-refractivity contribution in [3.8, 4) is 17.1 Å². The van der Waals surface area contributed by atoms with E-state index < -0.39 is 0 Å². The maximum absolute atomic E-state index is 5.59. The largest absolute Gasteiger partial charge is 0.461 e. The van der Waals surface area contributed by atoms with E-state index in [1.54, 1.807) is 0 Å². The molecule has 0 unspecified atom stereocenters. The smallest absolute Gasteiger partial charge is 0.219 e. The van der Waals surface area contributed by atoms with Crippen molar-refractivity contribution in [1.29, 1.82) is 0 Å². The summed E-state index contributed by atoms with van der Waals surface area (Å²) in [5.74, 6) is 0.763. The lowest BCUT2D eigenvalue weighted by atomic mass is 10.0. The number of pyridine rings is 1. The first kappa shape index (κ1) is 11.7. The minimum Gasteiger partial charge on any atom is -0.461 e. The van der Waals surface area contributed by atoms with Gasteiger partial charge in [0.05, 0.1) is 5.69 Å². The van der Waals surface area contributed by atoms with Crippen LogP contribution < -0.4 is 20.5 Å². The van der Waals surface area contributed by atoms with Gasteiger partial charge >= 0.3 is 0 Å². The third kappa shape index (κ3) is 1.91. The van der Waals surface area contributed by atoms with Crippen molar-refractivity contribution in [2.75, 3.05) is 6.73 Å². The molecule has 0 fully saturated rings. The van der Waals surface area contributed by atoms with Crippen LogP contribution in [0, 0.1) is 0 Å². The predicted octanol–water partition coefficient (Wildman–Crippen LogP) is 1.54. The molecule has 2 aliphatic rings. The number of rotatable bonds is 1. The molecular weight excluding hydrogens is 248 g/mol. The van der Waals surface area contributed by atoms with Gasteiger partial charge in [-0.25, -0.2) is 4.98 Å². The number of fused-ring (bicyclic) bond motifs is 2. The molecule has 100 valence electrons. The van der Waals surface area contributed by atoms with E-state index >= 15 is 0 Å². The topological polar surface area (TPSA) is 34.1 Å². The van der Waals surface area contributed by atoms with Crippen molar-refractivity contribution in [3.05, 3.63) is 46.3 Å². The Labute approximate surface area is 117 Å². The van der Waals surface area contributed by atoms with E-state index in [0.717, 1.165) is 36.5 Å². The Balaban J connectivity index is 1.90. The second kappa shape index (κ2) is 4.76. The van der Waals surface area contributed by atoms with Crippen LogP contribution in [0.5, 0.6) is 5.88 Å². The zero-order valence-electron chi connectivity index (χ0n) is 11.2. The molecule has 1 N–H and O–H groups in total. The van der Waals surface area contributed by atoms with Crippen LogP contribution in [0.1, 0.15) is 18.4 Å². The molecular formula is C17H16N2O. The Morgan fingerprint density at radius 2 is 2.00 bits per heavy atom. The molecule has 2 aromatic rings. The maximum atomic E-state index is 5.59. The average Bonchev–Trinajstić information content (AvgIpc) is 2.54. The van der Waals surface area contributed by atoms with Gasteiger partial charge in [-0.15, -0.1) is 0 Å². The SMILES string of the molecule is C1=c2cccc(-c3ccc4c(n3)OCNC4)c2=CCC1. The standard InChI is InChI=1S/C17H16N2O/c1-2-6-14-12(4-1)5-3-7-15(14)16-9-8-13-10-18-11-20-17(13)19-16/h3-9,18H,1-2,10-11H2. The Morgan fingerprint density at radius 1 is 1.05 bits per heavy atom. The predicted molar refractivity (Wildman–Crippen MR) is 79.4 cm³/mol. The Hall–Kier alpha value is -2.13. The summed E-state index contributed by atoms with van der Waals surface area (Å²) in [6, 6.07) is 10.6. The lowest BCUT2D eigenvalue weighted by Gasteiger charge is -2.18. The summed E-state index contributed by atoms with van der Waals surface area (Å²) in [6.07, 6.45) is 6.85. The van der Waals surface area contributed by atoms with E-state index in [4.69, 9.17) is 9.72 Å². The summed E-state index contributed by atoms with van der Waals surface area (Å²) < 4.78 is 5.59. The number of nitrogens with one attached hydrogen (secondary N) is 1. The van der Waals surface area contributed by atoms with Crippen LogP contribution >= 0.6 is 0 Å². The highest BCUT2D eigenvalue weighted by Gasteiger charge is 2.13. The van der Waals surface area contributed by atoms with Gasteiger partial charge in [0.2, 0.25) is 5.88 Å². The molecule has 1 aliphatic heterocycles. The molecule has 3 heteroatoms. The number of hydrogen-bond donors (Lipinski definition) is 1. The molecule has 20 heavy (non-hydrogen) atoms. The van der Waals surface area contributed by atoms with Crippen LogP contribution in [0.3, 0.4) is 0 Å².